The maximum atomic E-state index is 12.6. The molecule has 0 bridgehead atoms. The molecule has 2 aromatic rings. The second-order valence-corrected chi connectivity index (χ2v) is 9.81. The number of carbonyl (C=O) groups is 1. The Morgan fingerprint density at radius 2 is 1.90 bits per heavy atom. The molecular formula is C27H34O2. The first-order valence-electron chi connectivity index (χ1n) is 11.3. The Morgan fingerprint density at radius 1 is 1.10 bits per heavy atom. The Kier molecular flexibility index (Phi) is 5.81. The van der Waals surface area contributed by atoms with Crippen LogP contribution in [-0.2, 0) is 17.8 Å². The quantitative estimate of drug-likeness (QED) is 0.547. The number of hydrogen-bond acceptors (Lipinski definition) is 2. The molecule has 0 aromatic heterocycles. The number of benzene rings is 2. The van der Waals surface area contributed by atoms with Gasteiger partial charge < -0.3 is 4.74 Å². The van der Waals surface area contributed by atoms with Crippen LogP contribution >= 0.6 is 0 Å². The van der Waals surface area contributed by atoms with Gasteiger partial charge >= 0.3 is 0 Å². The van der Waals surface area contributed by atoms with E-state index in [1.807, 2.05) is 18.2 Å². The fraction of sp³-hybridized carbons (Fsp3) is 0.519. The predicted molar refractivity (Wildman–Crippen MR) is 118 cm³/mol. The number of carbonyl (C=O) groups excluding carboxylic acids is 1. The van der Waals surface area contributed by atoms with Crippen LogP contribution < -0.4 is 4.74 Å². The van der Waals surface area contributed by atoms with Crippen molar-refractivity contribution < 1.29 is 9.53 Å². The van der Waals surface area contributed by atoms with Gasteiger partial charge in [-0.1, -0.05) is 63.6 Å². The summed E-state index contributed by atoms with van der Waals surface area (Å²) in [5, 5.41) is 0. The molecule has 4 rings (SSSR count). The summed E-state index contributed by atoms with van der Waals surface area (Å²) in [6, 6.07) is 16.9. The first-order valence-corrected chi connectivity index (χ1v) is 11.3. The second-order valence-electron chi connectivity index (χ2n) is 9.81. The van der Waals surface area contributed by atoms with Gasteiger partial charge in [-0.05, 0) is 71.3 Å². The van der Waals surface area contributed by atoms with Gasteiger partial charge in [0.15, 0.2) is 0 Å². The van der Waals surface area contributed by atoms with E-state index >= 15 is 0 Å². The molecular weight excluding hydrogens is 356 g/mol. The van der Waals surface area contributed by atoms with Gasteiger partial charge in [-0.15, -0.1) is 0 Å². The maximum absolute atomic E-state index is 12.6. The molecule has 0 saturated heterocycles. The minimum atomic E-state index is 0.252. The summed E-state index contributed by atoms with van der Waals surface area (Å²) < 4.78 is 6.06. The predicted octanol–water partition coefficient (Wildman–Crippen LogP) is 6.72. The minimum absolute atomic E-state index is 0.252. The van der Waals surface area contributed by atoms with Gasteiger partial charge in [-0.3, -0.25) is 4.79 Å². The number of rotatable bonds is 6. The molecule has 29 heavy (non-hydrogen) atoms. The lowest BCUT2D eigenvalue weighted by molar-refractivity contribution is -0.126. The van der Waals surface area contributed by atoms with Crippen LogP contribution in [0.3, 0.4) is 0 Å². The summed E-state index contributed by atoms with van der Waals surface area (Å²) in [6.07, 6.45) is 6.18. The van der Waals surface area contributed by atoms with Gasteiger partial charge in [0.2, 0.25) is 0 Å². The fourth-order valence-corrected chi connectivity index (χ4v) is 5.52. The van der Waals surface area contributed by atoms with E-state index in [0.29, 0.717) is 36.6 Å². The van der Waals surface area contributed by atoms with E-state index in [2.05, 4.69) is 51.1 Å². The molecule has 3 atom stereocenters. The van der Waals surface area contributed by atoms with E-state index in [4.69, 9.17) is 4.74 Å². The summed E-state index contributed by atoms with van der Waals surface area (Å²) in [6.45, 7) is 7.63. The fourth-order valence-electron chi connectivity index (χ4n) is 5.52. The zero-order valence-electron chi connectivity index (χ0n) is 18.1. The Morgan fingerprint density at radius 3 is 2.66 bits per heavy atom. The van der Waals surface area contributed by atoms with Crippen LogP contribution in [-0.4, -0.2) is 5.78 Å². The molecule has 154 valence electrons. The third kappa shape index (κ3) is 4.27. The van der Waals surface area contributed by atoms with Crippen molar-refractivity contribution in [2.75, 3.05) is 0 Å². The number of ether oxygens (including phenoxy) is 1. The topological polar surface area (TPSA) is 26.3 Å². The molecule has 0 heterocycles. The highest BCUT2D eigenvalue weighted by atomic mass is 16.5. The summed E-state index contributed by atoms with van der Waals surface area (Å²) in [5.41, 5.74) is 4.22. The molecule has 1 fully saturated rings. The number of aryl methyl sites for hydroxylation is 1. The van der Waals surface area contributed by atoms with Crippen LogP contribution in [0.1, 0.15) is 75.5 Å². The van der Waals surface area contributed by atoms with Crippen molar-refractivity contribution >= 4 is 5.78 Å². The van der Waals surface area contributed by atoms with E-state index in [1.165, 1.54) is 36.0 Å². The van der Waals surface area contributed by atoms with Gasteiger partial charge in [0, 0.05) is 12.8 Å². The van der Waals surface area contributed by atoms with Crippen LogP contribution in [0.15, 0.2) is 48.5 Å². The lowest BCUT2D eigenvalue weighted by Crippen LogP contribution is -2.43. The van der Waals surface area contributed by atoms with Crippen LogP contribution in [0.4, 0.5) is 0 Å². The van der Waals surface area contributed by atoms with Crippen LogP contribution in [0, 0.1) is 17.3 Å². The molecule has 2 nitrogen and oxygen atoms in total. The van der Waals surface area contributed by atoms with Gasteiger partial charge in [-0.25, -0.2) is 0 Å². The van der Waals surface area contributed by atoms with Crippen molar-refractivity contribution in [3.05, 3.63) is 65.2 Å². The van der Waals surface area contributed by atoms with Crippen LogP contribution in [0.25, 0.3) is 0 Å². The molecule has 1 saturated carbocycles. The summed E-state index contributed by atoms with van der Waals surface area (Å²) >= 11 is 0. The van der Waals surface area contributed by atoms with Crippen LogP contribution in [0.2, 0.25) is 0 Å². The highest BCUT2D eigenvalue weighted by molar-refractivity contribution is 5.81. The zero-order valence-corrected chi connectivity index (χ0v) is 18.1. The molecule has 2 aliphatic rings. The average Bonchev–Trinajstić information content (AvgIpc) is 2.72. The van der Waals surface area contributed by atoms with Gasteiger partial charge in [-0.2, -0.15) is 0 Å². The number of fused-ring (bicyclic) bond motifs is 3. The van der Waals surface area contributed by atoms with E-state index in [9.17, 15) is 4.79 Å². The largest absolute Gasteiger partial charge is 0.489 e. The normalized spacial score (nSPS) is 26.1. The molecule has 0 amide bonds. The van der Waals surface area contributed by atoms with Gasteiger partial charge in [0.05, 0.1) is 0 Å². The van der Waals surface area contributed by atoms with E-state index in [1.54, 1.807) is 0 Å². The van der Waals surface area contributed by atoms with E-state index in [0.717, 1.165) is 18.6 Å². The highest BCUT2D eigenvalue weighted by Gasteiger charge is 2.49. The summed E-state index contributed by atoms with van der Waals surface area (Å²) in [4.78, 5) is 12.6. The zero-order chi connectivity index (χ0) is 20.4. The van der Waals surface area contributed by atoms with Crippen molar-refractivity contribution in [2.45, 2.75) is 71.8 Å². The molecule has 2 aromatic carbocycles. The Labute approximate surface area is 175 Å². The standard InChI is InChI=1S/C27H34O2/c1-19(2)9-10-22-16-23(28)17-26-25-12-11-24(15-21(25)13-14-27(22,26)3)29-18-20-7-5-4-6-8-20/h4-8,11-12,15,19,22,26H,9-10,13-14,16-18H2,1-3H3/t22-,26+,27-/m0/s1. The van der Waals surface area contributed by atoms with Crippen molar-refractivity contribution in [1.82, 2.24) is 0 Å². The van der Waals surface area contributed by atoms with E-state index < -0.39 is 0 Å². The Balaban J connectivity index is 1.53. The van der Waals surface area contributed by atoms with Crippen LogP contribution in [0.5, 0.6) is 5.75 Å². The van der Waals surface area contributed by atoms with Gasteiger partial charge in [0.1, 0.15) is 18.1 Å². The molecule has 2 heteroatoms. The number of hydrogen-bond donors (Lipinski definition) is 0. The summed E-state index contributed by atoms with van der Waals surface area (Å²) in [7, 11) is 0. The highest BCUT2D eigenvalue weighted by Crippen LogP contribution is 2.57. The minimum Gasteiger partial charge on any atom is -0.489 e. The smallest absolute Gasteiger partial charge is 0.133 e. The first-order chi connectivity index (χ1) is 14.0. The SMILES string of the molecule is CC(C)CC[C@H]1CC(=O)C[C@@H]2c3ccc(OCc4ccccc4)cc3CC[C@@]12C. The summed E-state index contributed by atoms with van der Waals surface area (Å²) in [5.74, 6) is 2.99. The lowest BCUT2D eigenvalue weighted by Gasteiger charge is -2.51. The lowest BCUT2D eigenvalue weighted by atomic mass is 9.53. The Bertz CT molecular complexity index is 854. The molecule has 0 aliphatic heterocycles. The first kappa shape index (κ1) is 20.2. The maximum Gasteiger partial charge on any atom is 0.133 e. The van der Waals surface area contributed by atoms with Crippen molar-refractivity contribution in [2.24, 2.45) is 17.3 Å². The van der Waals surface area contributed by atoms with E-state index in [-0.39, 0.29) is 5.41 Å². The third-order valence-electron chi connectivity index (χ3n) is 7.40. The van der Waals surface area contributed by atoms with Crippen molar-refractivity contribution in [3.8, 4) is 5.75 Å². The molecule has 0 radical (unpaired) electrons. The molecule has 0 spiro atoms. The third-order valence-corrected chi connectivity index (χ3v) is 7.40. The average molecular weight is 391 g/mol. The molecule has 0 N–H and O–H groups in total. The monoisotopic (exact) mass is 390 g/mol. The molecule has 2 aliphatic carbocycles. The Hall–Kier alpha value is -2.09. The van der Waals surface area contributed by atoms with Crippen molar-refractivity contribution in [3.63, 3.8) is 0 Å². The number of ketones is 1. The molecule has 0 unspecified atom stereocenters. The van der Waals surface area contributed by atoms with Gasteiger partial charge in [0.25, 0.3) is 0 Å². The van der Waals surface area contributed by atoms with Crippen molar-refractivity contribution in [1.29, 1.82) is 0 Å². The number of Topliss-reactive ketones (excluding diaryl/α,β-unsaturated/α-hetero) is 1. The second kappa shape index (κ2) is 8.34.